The van der Waals surface area contributed by atoms with Crippen LogP contribution in [0.25, 0.3) is 0 Å². The highest BCUT2D eigenvalue weighted by Crippen LogP contribution is 2.41. The number of hydrogen-bond donors (Lipinski definition) is 1. The van der Waals surface area contributed by atoms with E-state index in [0.29, 0.717) is 11.7 Å². The van der Waals surface area contributed by atoms with Crippen molar-refractivity contribution < 1.29 is 13.2 Å². The van der Waals surface area contributed by atoms with Crippen molar-refractivity contribution in [2.45, 2.75) is 61.8 Å². The van der Waals surface area contributed by atoms with Crippen LogP contribution < -0.4 is 5.73 Å². The third kappa shape index (κ3) is 3.43. The van der Waals surface area contributed by atoms with E-state index in [2.05, 4.69) is 0 Å². The van der Waals surface area contributed by atoms with E-state index in [1.165, 1.54) is 0 Å². The van der Waals surface area contributed by atoms with Crippen molar-refractivity contribution in [1.82, 2.24) is 0 Å². The lowest BCUT2D eigenvalue weighted by atomic mass is 9.77. The predicted octanol–water partition coefficient (Wildman–Crippen LogP) is 1.97. The van der Waals surface area contributed by atoms with E-state index in [1.54, 1.807) is 0 Å². The molecule has 4 nitrogen and oxygen atoms in total. The van der Waals surface area contributed by atoms with Crippen molar-refractivity contribution in [2.24, 2.45) is 11.7 Å². The standard InChI is InChI=1S/C15H27NO3S2/c16-14(13-3-1-2-10-21(13,17)18)12-4-7-19-15(11-12)5-8-20-9-6-15/h12-14H,1-11,16H2. The van der Waals surface area contributed by atoms with Gasteiger partial charge in [-0.15, -0.1) is 0 Å². The Balaban J connectivity index is 1.70. The first-order valence-corrected chi connectivity index (χ1v) is 11.1. The number of thioether (sulfide) groups is 1. The Bertz CT molecular complexity index is 454. The zero-order chi connectivity index (χ0) is 14.9. The fourth-order valence-electron chi connectivity index (χ4n) is 4.20. The molecule has 3 aliphatic rings. The molecule has 0 aromatic heterocycles. The second-order valence-corrected chi connectivity index (χ2v) is 10.4. The molecule has 3 saturated heterocycles. The summed E-state index contributed by atoms with van der Waals surface area (Å²) in [5.41, 5.74) is 6.44. The van der Waals surface area contributed by atoms with Crippen LogP contribution in [0.3, 0.4) is 0 Å². The molecule has 21 heavy (non-hydrogen) atoms. The lowest BCUT2D eigenvalue weighted by molar-refractivity contribution is -0.105. The van der Waals surface area contributed by atoms with Gasteiger partial charge in [-0.05, 0) is 55.9 Å². The molecule has 3 rings (SSSR count). The van der Waals surface area contributed by atoms with Crippen LogP contribution in [0.5, 0.6) is 0 Å². The molecular weight excluding hydrogens is 306 g/mol. The Morgan fingerprint density at radius 1 is 1.19 bits per heavy atom. The van der Waals surface area contributed by atoms with E-state index in [4.69, 9.17) is 10.5 Å². The lowest BCUT2D eigenvalue weighted by Crippen LogP contribution is -2.53. The molecule has 0 aromatic rings. The van der Waals surface area contributed by atoms with E-state index in [0.717, 1.165) is 63.1 Å². The average molecular weight is 334 g/mol. The summed E-state index contributed by atoms with van der Waals surface area (Å²) >= 11 is 1.99. The number of ether oxygens (including phenoxy) is 1. The largest absolute Gasteiger partial charge is 0.375 e. The number of hydrogen-bond acceptors (Lipinski definition) is 5. The predicted molar refractivity (Wildman–Crippen MR) is 87.4 cm³/mol. The topological polar surface area (TPSA) is 69.4 Å². The van der Waals surface area contributed by atoms with Gasteiger partial charge in [0.25, 0.3) is 0 Å². The molecule has 3 fully saturated rings. The molecule has 3 unspecified atom stereocenters. The Hall–Kier alpha value is 0.220. The zero-order valence-electron chi connectivity index (χ0n) is 12.6. The van der Waals surface area contributed by atoms with Crippen molar-refractivity contribution in [3.8, 4) is 0 Å². The van der Waals surface area contributed by atoms with Crippen molar-refractivity contribution >= 4 is 21.6 Å². The van der Waals surface area contributed by atoms with Crippen LogP contribution in [0.2, 0.25) is 0 Å². The Morgan fingerprint density at radius 3 is 2.67 bits per heavy atom. The fraction of sp³-hybridized carbons (Fsp3) is 1.00. The van der Waals surface area contributed by atoms with Gasteiger partial charge in [-0.3, -0.25) is 0 Å². The molecule has 0 aromatic carbocycles. The van der Waals surface area contributed by atoms with Gasteiger partial charge >= 0.3 is 0 Å². The first-order chi connectivity index (χ1) is 10.0. The molecule has 122 valence electrons. The first kappa shape index (κ1) is 16.1. The molecule has 3 aliphatic heterocycles. The normalized spacial score (nSPS) is 37.2. The van der Waals surface area contributed by atoms with Crippen LogP contribution in [0.1, 0.15) is 44.9 Å². The summed E-state index contributed by atoms with van der Waals surface area (Å²) in [6, 6.07) is -0.203. The Morgan fingerprint density at radius 2 is 1.95 bits per heavy atom. The van der Waals surface area contributed by atoms with Crippen molar-refractivity contribution in [3.05, 3.63) is 0 Å². The molecule has 0 radical (unpaired) electrons. The molecular formula is C15H27NO3S2. The van der Waals surface area contributed by atoms with Gasteiger partial charge in [0.2, 0.25) is 0 Å². The van der Waals surface area contributed by atoms with Crippen molar-refractivity contribution in [1.29, 1.82) is 0 Å². The quantitative estimate of drug-likeness (QED) is 0.837. The third-order valence-corrected chi connectivity index (χ3v) is 8.85. The summed E-state index contributed by atoms with van der Waals surface area (Å²) in [5.74, 6) is 2.95. The van der Waals surface area contributed by atoms with Gasteiger partial charge in [0, 0.05) is 12.6 Å². The second-order valence-electron chi connectivity index (χ2n) is 6.88. The van der Waals surface area contributed by atoms with E-state index < -0.39 is 9.84 Å². The molecule has 0 aliphatic carbocycles. The molecule has 1 spiro atoms. The minimum Gasteiger partial charge on any atom is -0.375 e. The maximum Gasteiger partial charge on any atom is 0.154 e. The van der Waals surface area contributed by atoms with Crippen molar-refractivity contribution in [2.75, 3.05) is 23.9 Å². The van der Waals surface area contributed by atoms with Gasteiger partial charge in [0.15, 0.2) is 9.84 Å². The highest BCUT2D eigenvalue weighted by atomic mass is 32.2. The molecule has 0 amide bonds. The maximum absolute atomic E-state index is 12.3. The van der Waals surface area contributed by atoms with Gasteiger partial charge in [0.1, 0.15) is 0 Å². The molecule has 2 N–H and O–H groups in total. The molecule has 0 bridgehead atoms. The minimum atomic E-state index is -2.98. The van der Waals surface area contributed by atoms with E-state index >= 15 is 0 Å². The van der Waals surface area contributed by atoms with Crippen LogP contribution in [0.4, 0.5) is 0 Å². The van der Waals surface area contributed by atoms with Crippen LogP contribution in [0.15, 0.2) is 0 Å². The van der Waals surface area contributed by atoms with Gasteiger partial charge in [-0.2, -0.15) is 11.8 Å². The van der Waals surface area contributed by atoms with Crippen LogP contribution in [-0.4, -0.2) is 49.2 Å². The highest BCUT2D eigenvalue weighted by Gasteiger charge is 2.44. The van der Waals surface area contributed by atoms with Gasteiger partial charge < -0.3 is 10.5 Å². The number of nitrogens with two attached hydrogens (primary N) is 1. The molecule has 3 heterocycles. The number of rotatable bonds is 2. The highest BCUT2D eigenvalue weighted by molar-refractivity contribution is 7.99. The lowest BCUT2D eigenvalue weighted by Gasteiger charge is -2.46. The van der Waals surface area contributed by atoms with Gasteiger partial charge in [-0.1, -0.05) is 6.42 Å². The van der Waals surface area contributed by atoms with Crippen LogP contribution >= 0.6 is 11.8 Å². The third-order valence-electron chi connectivity index (χ3n) is 5.54. The SMILES string of the molecule is NC(C1CCOC2(CCSCC2)C1)C1CCCCS1(=O)=O. The second kappa shape index (κ2) is 6.38. The summed E-state index contributed by atoms with van der Waals surface area (Å²) in [7, 11) is -2.98. The average Bonchev–Trinajstić information content (AvgIpc) is 2.47. The molecule has 6 heteroatoms. The molecule has 0 saturated carbocycles. The summed E-state index contributed by atoms with van der Waals surface area (Å²) in [6.07, 6.45) is 6.63. The Kier molecular flexibility index (Phi) is 4.89. The Labute approximate surface area is 132 Å². The summed E-state index contributed by atoms with van der Waals surface area (Å²) in [6.45, 7) is 0.746. The molecule has 3 atom stereocenters. The van der Waals surface area contributed by atoms with E-state index in [-0.39, 0.29) is 16.9 Å². The van der Waals surface area contributed by atoms with Crippen LogP contribution in [0, 0.1) is 5.92 Å². The van der Waals surface area contributed by atoms with E-state index in [9.17, 15) is 8.42 Å². The zero-order valence-corrected chi connectivity index (χ0v) is 14.3. The van der Waals surface area contributed by atoms with Crippen molar-refractivity contribution in [3.63, 3.8) is 0 Å². The first-order valence-electron chi connectivity index (χ1n) is 8.21. The number of sulfone groups is 1. The maximum atomic E-state index is 12.3. The summed E-state index contributed by atoms with van der Waals surface area (Å²) in [5, 5.41) is -0.315. The van der Waals surface area contributed by atoms with Gasteiger partial charge in [0.05, 0.1) is 16.6 Å². The van der Waals surface area contributed by atoms with Gasteiger partial charge in [-0.25, -0.2) is 8.42 Å². The monoisotopic (exact) mass is 333 g/mol. The van der Waals surface area contributed by atoms with Crippen LogP contribution in [-0.2, 0) is 14.6 Å². The summed E-state index contributed by atoms with van der Waals surface area (Å²) < 4.78 is 30.7. The minimum absolute atomic E-state index is 0.00971. The summed E-state index contributed by atoms with van der Waals surface area (Å²) in [4.78, 5) is 0. The van der Waals surface area contributed by atoms with E-state index in [1.807, 2.05) is 11.8 Å². The fourth-order valence-corrected chi connectivity index (χ4v) is 7.57. The smallest absolute Gasteiger partial charge is 0.154 e.